The summed E-state index contributed by atoms with van der Waals surface area (Å²) in [5.74, 6) is -0.0420. The monoisotopic (exact) mass is 365 g/mol. The van der Waals surface area contributed by atoms with Gasteiger partial charge in [0.1, 0.15) is 0 Å². The van der Waals surface area contributed by atoms with Gasteiger partial charge in [0.2, 0.25) is 0 Å². The Kier molecular flexibility index (Phi) is 5.12. The van der Waals surface area contributed by atoms with Crippen LogP contribution in [0.1, 0.15) is 17.3 Å². The van der Waals surface area contributed by atoms with Gasteiger partial charge in [-0.25, -0.2) is 0 Å². The first-order chi connectivity index (χ1) is 9.01. The third-order valence-electron chi connectivity index (χ3n) is 2.95. The number of nitrogens with zero attached hydrogens (tertiary/aromatic N) is 1. The van der Waals surface area contributed by atoms with Gasteiger partial charge in [-0.3, -0.25) is 4.79 Å². The number of benzene rings is 1. The van der Waals surface area contributed by atoms with Crippen molar-refractivity contribution in [2.75, 3.05) is 18.4 Å². The molecule has 104 valence electrons. The largest absolute Gasteiger partial charge is 0.371 e. The lowest BCUT2D eigenvalue weighted by Gasteiger charge is -2.36. The highest BCUT2D eigenvalue weighted by Crippen LogP contribution is 2.24. The summed E-state index contributed by atoms with van der Waals surface area (Å²) in [6, 6.07) is 4.94. The van der Waals surface area contributed by atoms with Gasteiger partial charge in [0, 0.05) is 24.0 Å². The molecule has 0 aliphatic carbocycles. The van der Waals surface area contributed by atoms with E-state index in [9.17, 15) is 4.79 Å². The summed E-state index contributed by atoms with van der Waals surface area (Å²) in [6.45, 7) is 3.13. The molecule has 1 amide bonds. The Morgan fingerprint density at radius 1 is 1.42 bits per heavy atom. The van der Waals surface area contributed by atoms with Crippen LogP contribution in [0.5, 0.6) is 0 Å². The predicted molar refractivity (Wildman–Crippen MR) is 80.5 cm³/mol. The maximum absolute atomic E-state index is 12.4. The maximum atomic E-state index is 12.4. The van der Waals surface area contributed by atoms with Crippen LogP contribution < -0.4 is 0 Å². The van der Waals surface area contributed by atoms with Crippen molar-refractivity contribution < 1.29 is 9.53 Å². The molecule has 1 fully saturated rings. The molecule has 2 unspecified atom stereocenters. The maximum Gasteiger partial charge on any atom is 0.254 e. The van der Waals surface area contributed by atoms with E-state index in [2.05, 4.69) is 15.9 Å². The van der Waals surface area contributed by atoms with Gasteiger partial charge in [0.25, 0.3) is 5.91 Å². The number of amides is 1. The first-order valence-corrected chi connectivity index (χ1v) is 7.84. The van der Waals surface area contributed by atoms with Crippen LogP contribution in [0.2, 0.25) is 10.0 Å². The fourth-order valence-electron chi connectivity index (χ4n) is 2.11. The topological polar surface area (TPSA) is 29.5 Å². The van der Waals surface area contributed by atoms with E-state index in [1.807, 2.05) is 6.92 Å². The van der Waals surface area contributed by atoms with Crippen molar-refractivity contribution in [2.24, 2.45) is 0 Å². The Hall–Kier alpha value is -0.290. The molecule has 0 bridgehead atoms. The molecule has 3 nitrogen and oxygen atoms in total. The lowest BCUT2D eigenvalue weighted by Crippen LogP contribution is -2.49. The van der Waals surface area contributed by atoms with Crippen molar-refractivity contribution in [3.05, 3.63) is 33.8 Å². The number of hydrogen-bond acceptors (Lipinski definition) is 2. The molecule has 2 rings (SSSR count). The summed E-state index contributed by atoms with van der Waals surface area (Å²) in [6.07, 6.45) is 0.0542. The molecule has 2 atom stereocenters. The third kappa shape index (κ3) is 3.63. The highest BCUT2D eigenvalue weighted by Gasteiger charge is 2.28. The van der Waals surface area contributed by atoms with Crippen LogP contribution in [0, 0.1) is 0 Å². The number of carbonyl (C=O) groups excluding carboxylic acids is 1. The van der Waals surface area contributed by atoms with E-state index in [1.54, 1.807) is 23.1 Å². The van der Waals surface area contributed by atoms with E-state index in [4.69, 9.17) is 27.9 Å². The van der Waals surface area contributed by atoms with Crippen molar-refractivity contribution in [1.82, 2.24) is 4.90 Å². The fraction of sp³-hybridized carbons (Fsp3) is 0.462. The molecule has 0 spiro atoms. The number of halogens is 3. The molecule has 19 heavy (non-hydrogen) atoms. The van der Waals surface area contributed by atoms with Gasteiger partial charge in [-0.15, -0.1) is 0 Å². The molecule has 1 aromatic rings. The van der Waals surface area contributed by atoms with E-state index in [0.29, 0.717) is 34.0 Å². The van der Waals surface area contributed by atoms with Gasteiger partial charge in [-0.05, 0) is 25.1 Å². The molecule has 1 aromatic carbocycles. The zero-order valence-corrected chi connectivity index (χ0v) is 13.5. The molecule has 1 saturated heterocycles. The molecule has 0 radical (unpaired) electrons. The van der Waals surface area contributed by atoms with Gasteiger partial charge >= 0.3 is 0 Å². The van der Waals surface area contributed by atoms with Crippen molar-refractivity contribution in [2.45, 2.75) is 19.1 Å². The van der Waals surface area contributed by atoms with Crippen LogP contribution in [0.15, 0.2) is 18.2 Å². The van der Waals surface area contributed by atoms with Crippen LogP contribution in [0.25, 0.3) is 0 Å². The Balaban J connectivity index is 2.16. The number of ether oxygens (including phenoxy) is 1. The normalized spacial score (nSPS) is 23.5. The van der Waals surface area contributed by atoms with Crippen LogP contribution >= 0.6 is 39.1 Å². The molecule has 6 heteroatoms. The second-order valence-corrected chi connectivity index (χ2v) is 6.02. The molecule has 0 N–H and O–H groups in total. The molecule has 1 heterocycles. The Labute approximate surface area is 130 Å². The van der Waals surface area contributed by atoms with Crippen LogP contribution in [-0.2, 0) is 4.74 Å². The lowest BCUT2D eigenvalue weighted by atomic mass is 10.1. The summed E-state index contributed by atoms with van der Waals surface area (Å²) in [4.78, 5) is 14.2. The second kappa shape index (κ2) is 6.44. The van der Waals surface area contributed by atoms with Gasteiger partial charge in [-0.1, -0.05) is 39.1 Å². The van der Waals surface area contributed by atoms with E-state index in [1.165, 1.54) is 0 Å². The minimum atomic E-state index is -0.0420. The van der Waals surface area contributed by atoms with E-state index >= 15 is 0 Å². The van der Waals surface area contributed by atoms with E-state index in [-0.39, 0.29) is 18.1 Å². The molecule has 1 aliphatic rings. The van der Waals surface area contributed by atoms with Crippen molar-refractivity contribution in [1.29, 1.82) is 0 Å². The predicted octanol–water partition coefficient (Wildman–Crippen LogP) is 3.62. The summed E-state index contributed by atoms with van der Waals surface area (Å²) < 4.78 is 5.71. The number of hydrogen-bond donors (Lipinski definition) is 0. The number of morpholine rings is 1. The highest BCUT2D eigenvalue weighted by atomic mass is 79.9. The zero-order valence-electron chi connectivity index (χ0n) is 10.4. The van der Waals surface area contributed by atoms with Gasteiger partial charge in [0.15, 0.2) is 0 Å². The standard InChI is InChI=1S/C13H14BrCl2NO2/c1-8-6-17(7-10(5-14)19-8)13(18)9-2-3-11(15)12(16)4-9/h2-4,8,10H,5-7H2,1H3. The van der Waals surface area contributed by atoms with Gasteiger partial charge in [-0.2, -0.15) is 0 Å². The molecule has 1 aliphatic heterocycles. The first kappa shape index (κ1) is 15.1. The lowest BCUT2D eigenvalue weighted by molar-refractivity contribution is -0.0559. The minimum absolute atomic E-state index is 0.0236. The highest BCUT2D eigenvalue weighted by molar-refractivity contribution is 9.09. The summed E-state index contributed by atoms with van der Waals surface area (Å²) in [5.41, 5.74) is 0.553. The molecular formula is C13H14BrCl2NO2. The Bertz CT molecular complexity index is 484. The average Bonchev–Trinajstić information content (AvgIpc) is 2.40. The van der Waals surface area contributed by atoms with Crippen molar-refractivity contribution in [3.63, 3.8) is 0 Å². The zero-order chi connectivity index (χ0) is 14.0. The second-order valence-electron chi connectivity index (χ2n) is 4.56. The van der Waals surface area contributed by atoms with E-state index < -0.39 is 0 Å². The van der Waals surface area contributed by atoms with Crippen LogP contribution in [-0.4, -0.2) is 41.4 Å². The van der Waals surface area contributed by atoms with Crippen molar-refractivity contribution in [3.8, 4) is 0 Å². The molecule has 0 aromatic heterocycles. The summed E-state index contributed by atoms with van der Waals surface area (Å²) in [7, 11) is 0. The van der Waals surface area contributed by atoms with E-state index in [0.717, 1.165) is 0 Å². The van der Waals surface area contributed by atoms with Crippen LogP contribution in [0.3, 0.4) is 0 Å². The molecule has 0 saturated carbocycles. The number of carbonyl (C=O) groups is 1. The quantitative estimate of drug-likeness (QED) is 0.748. The number of alkyl halides is 1. The minimum Gasteiger partial charge on any atom is -0.371 e. The van der Waals surface area contributed by atoms with Gasteiger partial charge in [0.05, 0.1) is 22.3 Å². The fourth-order valence-corrected chi connectivity index (χ4v) is 2.76. The number of rotatable bonds is 2. The summed E-state index contributed by atoms with van der Waals surface area (Å²) >= 11 is 15.2. The SMILES string of the molecule is CC1CN(C(=O)c2ccc(Cl)c(Cl)c2)CC(CBr)O1. The van der Waals surface area contributed by atoms with Crippen molar-refractivity contribution >= 4 is 45.0 Å². The Morgan fingerprint density at radius 2 is 2.16 bits per heavy atom. The summed E-state index contributed by atoms with van der Waals surface area (Å²) in [5, 5.41) is 1.56. The smallest absolute Gasteiger partial charge is 0.254 e. The van der Waals surface area contributed by atoms with Gasteiger partial charge < -0.3 is 9.64 Å². The van der Waals surface area contributed by atoms with Crippen LogP contribution in [0.4, 0.5) is 0 Å². The Morgan fingerprint density at radius 3 is 2.79 bits per heavy atom. The average molecular weight is 367 g/mol. The molecular weight excluding hydrogens is 353 g/mol. The third-order valence-corrected chi connectivity index (χ3v) is 4.41. The first-order valence-electron chi connectivity index (χ1n) is 5.97.